The van der Waals surface area contributed by atoms with Crippen molar-refractivity contribution in [1.82, 2.24) is 0 Å². The molecule has 1 aromatic rings. The molecule has 90 valence electrons. The number of halogens is 2. The first-order valence-electron chi connectivity index (χ1n) is 4.46. The fourth-order valence-electron chi connectivity index (χ4n) is 1.06. The molecule has 0 atom stereocenters. The highest BCUT2D eigenvalue weighted by Gasteiger charge is 2.15. The summed E-state index contributed by atoms with van der Waals surface area (Å²) in [6.07, 6.45) is 0.187. The summed E-state index contributed by atoms with van der Waals surface area (Å²) >= 11 is 5.65. The first kappa shape index (κ1) is 13.2. The maximum Gasteiger partial charge on any atom is 0.241 e. The van der Waals surface area contributed by atoms with Gasteiger partial charge in [0.05, 0.1) is 13.3 Å². The largest absolute Gasteiger partial charge is 0.492 e. The van der Waals surface area contributed by atoms with Crippen LogP contribution in [0.4, 0.5) is 4.39 Å². The number of alkyl halides is 1. The van der Waals surface area contributed by atoms with Crippen LogP contribution in [-0.2, 0) is 10.0 Å². The Labute approximate surface area is 98.2 Å². The third-order valence-electron chi connectivity index (χ3n) is 1.75. The molecule has 7 heteroatoms. The number of nitrogens with two attached hydrogens (primary N) is 1. The quantitative estimate of drug-likeness (QED) is 0.826. The Morgan fingerprint density at radius 2 is 2.12 bits per heavy atom. The van der Waals surface area contributed by atoms with E-state index in [1.165, 1.54) is 18.2 Å². The lowest BCUT2D eigenvalue weighted by Crippen LogP contribution is -2.14. The van der Waals surface area contributed by atoms with Gasteiger partial charge in [0.2, 0.25) is 10.0 Å². The van der Waals surface area contributed by atoms with Crippen molar-refractivity contribution in [1.29, 1.82) is 0 Å². The number of hydrogen-bond acceptors (Lipinski definition) is 3. The van der Waals surface area contributed by atoms with Crippen LogP contribution in [0.5, 0.6) is 5.75 Å². The van der Waals surface area contributed by atoms with E-state index >= 15 is 0 Å². The Morgan fingerprint density at radius 1 is 1.44 bits per heavy atom. The Bertz CT molecular complexity index is 464. The predicted molar refractivity (Wildman–Crippen MR) is 58.9 cm³/mol. The fraction of sp³-hybridized carbons (Fsp3) is 0.333. The summed E-state index contributed by atoms with van der Waals surface area (Å²) in [4.78, 5) is -0.196. The van der Waals surface area contributed by atoms with E-state index < -0.39 is 16.7 Å². The van der Waals surface area contributed by atoms with Crippen LogP contribution in [-0.4, -0.2) is 21.7 Å². The lowest BCUT2D eigenvalue weighted by Gasteiger charge is -2.09. The van der Waals surface area contributed by atoms with E-state index in [2.05, 4.69) is 0 Å². The average Bonchev–Trinajstić information content (AvgIpc) is 2.19. The molecule has 1 aromatic carbocycles. The Morgan fingerprint density at radius 3 is 2.69 bits per heavy atom. The Balaban J connectivity index is 2.99. The molecule has 0 aliphatic heterocycles. The molecule has 0 radical (unpaired) electrons. The highest BCUT2D eigenvalue weighted by molar-refractivity contribution is 7.89. The van der Waals surface area contributed by atoms with E-state index in [9.17, 15) is 12.8 Å². The number of rotatable bonds is 5. The summed E-state index contributed by atoms with van der Waals surface area (Å²) in [5, 5.41) is 5.23. The second-order valence-corrected chi connectivity index (χ2v) is 4.99. The summed E-state index contributed by atoms with van der Waals surface area (Å²) in [6.45, 7) is -0.445. The zero-order valence-corrected chi connectivity index (χ0v) is 9.89. The van der Waals surface area contributed by atoms with Crippen molar-refractivity contribution < 1.29 is 17.5 Å². The van der Waals surface area contributed by atoms with Gasteiger partial charge in [-0.15, -0.1) is 0 Å². The minimum atomic E-state index is -3.90. The highest BCUT2D eigenvalue weighted by atomic mass is 35.5. The smallest absolute Gasteiger partial charge is 0.241 e. The molecule has 0 saturated carbocycles. The number of hydrogen-bond donors (Lipinski definition) is 1. The average molecular weight is 268 g/mol. The highest BCUT2D eigenvalue weighted by Crippen LogP contribution is 2.26. The summed E-state index contributed by atoms with van der Waals surface area (Å²) in [6, 6.07) is 4.06. The molecule has 0 aromatic heterocycles. The van der Waals surface area contributed by atoms with Crippen molar-refractivity contribution >= 4 is 21.6 Å². The minimum Gasteiger partial charge on any atom is -0.492 e. The molecule has 0 unspecified atom stereocenters. The normalized spacial score (nSPS) is 11.4. The molecule has 16 heavy (non-hydrogen) atoms. The molecular formula is C9H11ClFNO3S. The van der Waals surface area contributed by atoms with Crippen molar-refractivity contribution in [3.05, 3.63) is 23.2 Å². The van der Waals surface area contributed by atoms with E-state index in [4.69, 9.17) is 21.5 Å². The van der Waals surface area contributed by atoms with Gasteiger partial charge in [-0.2, -0.15) is 0 Å². The minimum absolute atomic E-state index is 0.0837. The molecule has 4 nitrogen and oxygen atoms in total. The number of ether oxygens (including phenoxy) is 1. The lowest BCUT2D eigenvalue weighted by molar-refractivity contribution is 0.283. The van der Waals surface area contributed by atoms with Gasteiger partial charge in [-0.1, -0.05) is 11.6 Å². The van der Waals surface area contributed by atoms with Crippen LogP contribution in [0.25, 0.3) is 0 Å². The number of benzene rings is 1. The molecular weight excluding hydrogens is 257 g/mol. The molecule has 0 bridgehead atoms. The van der Waals surface area contributed by atoms with E-state index in [1.54, 1.807) is 0 Å². The molecule has 0 spiro atoms. The topological polar surface area (TPSA) is 69.4 Å². The first-order chi connectivity index (χ1) is 7.45. The molecule has 2 N–H and O–H groups in total. The van der Waals surface area contributed by atoms with Gasteiger partial charge in [0.25, 0.3) is 0 Å². The SMILES string of the molecule is NS(=O)(=O)c1cc(Cl)ccc1OCCCF. The van der Waals surface area contributed by atoms with Crippen molar-refractivity contribution in [2.24, 2.45) is 5.14 Å². The van der Waals surface area contributed by atoms with Crippen molar-refractivity contribution in [2.45, 2.75) is 11.3 Å². The monoisotopic (exact) mass is 267 g/mol. The molecule has 1 rings (SSSR count). The fourth-order valence-corrected chi connectivity index (χ4v) is 2.00. The summed E-state index contributed by atoms with van der Waals surface area (Å²) in [5.41, 5.74) is 0. The van der Waals surface area contributed by atoms with Gasteiger partial charge < -0.3 is 4.74 Å². The van der Waals surface area contributed by atoms with Gasteiger partial charge in [-0.05, 0) is 18.2 Å². The molecule has 0 amide bonds. The Kier molecular flexibility index (Phi) is 4.52. The van der Waals surface area contributed by atoms with Gasteiger partial charge >= 0.3 is 0 Å². The molecule has 0 aliphatic rings. The van der Waals surface area contributed by atoms with E-state index in [1.807, 2.05) is 0 Å². The zero-order valence-electron chi connectivity index (χ0n) is 8.32. The van der Waals surface area contributed by atoms with Crippen LogP contribution >= 0.6 is 11.6 Å². The Hall–Kier alpha value is -0.850. The third-order valence-corrected chi connectivity index (χ3v) is 2.92. The van der Waals surface area contributed by atoms with Gasteiger partial charge in [-0.25, -0.2) is 13.6 Å². The van der Waals surface area contributed by atoms with Crippen LogP contribution in [0.1, 0.15) is 6.42 Å². The maximum absolute atomic E-state index is 11.9. The van der Waals surface area contributed by atoms with Crippen LogP contribution in [0.2, 0.25) is 5.02 Å². The van der Waals surface area contributed by atoms with Crippen LogP contribution in [0, 0.1) is 0 Å². The summed E-state index contributed by atoms with van der Waals surface area (Å²) in [5.74, 6) is 0.0837. The number of primary sulfonamides is 1. The van der Waals surface area contributed by atoms with Gasteiger partial charge in [-0.3, -0.25) is 4.39 Å². The maximum atomic E-state index is 11.9. The van der Waals surface area contributed by atoms with Gasteiger partial charge in [0.1, 0.15) is 10.6 Å². The van der Waals surface area contributed by atoms with E-state index in [0.717, 1.165) is 0 Å². The summed E-state index contributed by atoms with van der Waals surface area (Å²) in [7, 11) is -3.90. The van der Waals surface area contributed by atoms with E-state index in [-0.39, 0.29) is 28.7 Å². The second kappa shape index (κ2) is 5.47. The standard InChI is InChI=1S/C9H11ClFNO3S/c10-7-2-3-8(15-5-1-4-11)9(6-7)16(12,13)14/h2-3,6H,1,4-5H2,(H2,12,13,14). The second-order valence-electron chi connectivity index (χ2n) is 3.03. The summed E-state index contributed by atoms with van der Waals surface area (Å²) < 4.78 is 39.4. The van der Waals surface area contributed by atoms with Crippen LogP contribution < -0.4 is 9.88 Å². The van der Waals surface area contributed by atoms with Crippen molar-refractivity contribution in [2.75, 3.05) is 13.3 Å². The van der Waals surface area contributed by atoms with Crippen LogP contribution in [0.15, 0.2) is 23.1 Å². The van der Waals surface area contributed by atoms with Gasteiger partial charge in [0.15, 0.2) is 0 Å². The number of sulfonamides is 1. The molecule has 0 saturated heterocycles. The molecule has 0 heterocycles. The third kappa shape index (κ3) is 3.62. The lowest BCUT2D eigenvalue weighted by atomic mass is 10.3. The predicted octanol–water partition coefficient (Wildman–Crippen LogP) is 1.73. The van der Waals surface area contributed by atoms with E-state index in [0.29, 0.717) is 0 Å². The first-order valence-corrected chi connectivity index (χ1v) is 6.38. The van der Waals surface area contributed by atoms with Gasteiger partial charge in [0, 0.05) is 11.4 Å². The van der Waals surface area contributed by atoms with Crippen molar-refractivity contribution in [3.63, 3.8) is 0 Å². The zero-order chi connectivity index (χ0) is 12.2. The van der Waals surface area contributed by atoms with Crippen molar-refractivity contribution in [3.8, 4) is 5.75 Å². The molecule has 0 fully saturated rings. The van der Waals surface area contributed by atoms with Crippen LogP contribution in [0.3, 0.4) is 0 Å². The molecule has 0 aliphatic carbocycles.